The van der Waals surface area contributed by atoms with Crippen LogP contribution in [-0.2, 0) is 14.9 Å². The zero-order valence-electron chi connectivity index (χ0n) is 15.2. The fourth-order valence-corrected chi connectivity index (χ4v) is 6.00. The van der Waals surface area contributed by atoms with Gasteiger partial charge in [0.15, 0.2) is 0 Å². The summed E-state index contributed by atoms with van der Waals surface area (Å²) in [7, 11) is 1.43. The molecule has 136 valence electrons. The van der Waals surface area contributed by atoms with Crippen LogP contribution in [0.3, 0.4) is 0 Å². The highest BCUT2D eigenvalue weighted by Crippen LogP contribution is 2.64. The second-order valence-corrected chi connectivity index (χ2v) is 8.00. The van der Waals surface area contributed by atoms with Crippen LogP contribution in [-0.4, -0.2) is 48.3 Å². The summed E-state index contributed by atoms with van der Waals surface area (Å²) in [5.74, 6) is -0.296. The first-order chi connectivity index (χ1) is 12.5. The molecule has 0 radical (unpaired) electrons. The number of fused-ring (bicyclic) bond motifs is 1. The van der Waals surface area contributed by atoms with Crippen LogP contribution in [0.5, 0.6) is 0 Å². The Morgan fingerprint density at radius 1 is 1.42 bits per heavy atom. The van der Waals surface area contributed by atoms with Crippen LogP contribution in [0.1, 0.15) is 25.3 Å². The summed E-state index contributed by atoms with van der Waals surface area (Å²) in [5, 5.41) is 14.4. The van der Waals surface area contributed by atoms with Crippen molar-refractivity contribution in [1.29, 1.82) is 0 Å². The van der Waals surface area contributed by atoms with Crippen LogP contribution in [0, 0.1) is 5.41 Å². The Kier molecular flexibility index (Phi) is 3.22. The van der Waals surface area contributed by atoms with Gasteiger partial charge in [0, 0.05) is 35.9 Å². The van der Waals surface area contributed by atoms with Gasteiger partial charge in [0.25, 0.3) is 0 Å². The maximum atomic E-state index is 12.7. The minimum Gasteiger partial charge on any atom is -0.466 e. The molecule has 3 aliphatic heterocycles. The van der Waals surface area contributed by atoms with E-state index in [1.54, 1.807) is 0 Å². The second kappa shape index (κ2) is 5.21. The predicted octanol–water partition coefficient (Wildman–Crippen LogP) is 2.19. The summed E-state index contributed by atoms with van der Waals surface area (Å²) in [6.45, 7) is 3.70. The third-order valence-electron chi connectivity index (χ3n) is 7.01. The number of anilines is 1. The van der Waals surface area contributed by atoms with Crippen LogP contribution in [0.15, 0.2) is 47.7 Å². The Morgan fingerprint density at radius 2 is 2.23 bits per heavy atom. The topological polar surface area (TPSA) is 61.8 Å². The van der Waals surface area contributed by atoms with Gasteiger partial charge in [0.05, 0.1) is 24.2 Å². The molecule has 1 unspecified atom stereocenters. The predicted molar refractivity (Wildman–Crippen MR) is 98.6 cm³/mol. The Morgan fingerprint density at radius 3 is 3.00 bits per heavy atom. The van der Waals surface area contributed by atoms with Crippen molar-refractivity contribution in [2.75, 3.05) is 25.5 Å². The summed E-state index contributed by atoms with van der Waals surface area (Å²) in [5.41, 5.74) is 3.20. The van der Waals surface area contributed by atoms with Gasteiger partial charge in [-0.05, 0) is 31.4 Å². The fourth-order valence-electron chi connectivity index (χ4n) is 6.00. The largest absolute Gasteiger partial charge is 0.466 e. The number of aliphatic hydroxyl groups is 1. The Balaban J connectivity index is 1.84. The molecule has 0 saturated carbocycles. The SMILES string of the molecule is COC(=O)C1=C2Nc3ccccc3[C@@]23CCN2CC=C[C@@](C(C)O)(C1)[C@H]23. The summed E-state index contributed by atoms with van der Waals surface area (Å²) in [4.78, 5) is 15.2. The van der Waals surface area contributed by atoms with E-state index in [2.05, 4.69) is 40.6 Å². The molecular weight excluding hydrogens is 328 g/mol. The number of nitrogens with one attached hydrogen (secondary N) is 1. The average Bonchev–Trinajstić information content (AvgIpc) is 3.21. The van der Waals surface area contributed by atoms with Crippen molar-refractivity contribution in [2.45, 2.75) is 37.3 Å². The van der Waals surface area contributed by atoms with E-state index in [4.69, 9.17) is 4.74 Å². The number of carbonyl (C=O) groups excluding carboxylic acids is 1. The first-order valence-corrected chi connectivity index (χ1v) is 9.33. The number of hydrogen-bond donors (Lipinski definition) is 2. The highest BCUT2D eigenvalue weighted by molar-refractivity contribution is 5.93. The van der Waals surface area contributed by atoms with Gasteiger partial charge in [0.2, 0.25) is 0 Å². The lowest BCUT2D eigenvalue weighted by molar-refractivity contribution is -0.137. The van der Waals surface area contributed by atoms with Crippen molar-refractivity contribution in [3.63, 3.8) is 0 Å². The quantitative estimate of drug-likeness (QED) is 0.631. The maximum absolute atomic E-state index is 12.7. The van der Waals surface area contributed by atoms with E-state index in [9.17, 15) is 9.90 Å². The van der Waals surface area contributed by atoms with Gasteiger partial charge in [0.1, 0.15) is 0 Å². The maximum Gasteiger partial charge on any atom is 0.335 e. The smallest absolute Gasteiger partial charge is 0.335 e. The molecule has 2 N–H and O–H groups in total. The van der Waals surface area contributed by atoms with E-state index in [-0.39, 0.29) is 17.4 Å². The van der Waals surface area contributed by atoms with Crippen LogP contribution >= 0.6 is 0 Å². The zero-order chi connectivity index (χ0) is 18.1. The molecule has 5 heteroatoms. The van der Waals surface area contributed by atoms with Crippen molar-refractivity contribution < 1.29 is 14.6 Å². The van der Waals surface area contributed by atoms with Crippen molar-refractivity contribution in [3.8, 4) is 0 Å². The molecule has 1 aromatic carbocycles. The molecule has 4 aliphatic rings. The molecule has 3 heterocycles. The van der Waals surface area contributed by atoms with Gasteiger partial charge in [-0.2, -0.15) is 0 Å². The molecule has 5 nitrogen and oxygen atoms in total. The van der Waals surface area contributed by atoms with Gasteiger partial charge in [-0.3, -0.25) is 4.90 Å². The average molecular weight is 352 g/mol. The van der Waals surface area contributed by atoms with E-state index in [0.29, 0.717) is 12.0 Å². The molecule has 0 bridgehead atoms. The van der Waals surface area contributed by atoms with E-state index in [1.807, 2.05) is 13.0 Å². The molecule has 4 atom stereocenters. The number of esters is 1. The second-order valence-electron chi connectivity index (χ2n) is 8.00. The zero-order valence-corrected chi connectivity index (χ0v) is 15.2. The number of ether oxygens (including phenoxy) is 1. The molecule has 1 fully saturated rings. The number of carbonyl (C=O) groups is 1. The third-order valence-corrected chi connectivity index (χ3v) is 7.01. The van der Waals surface area contributed by atoms with E-state index in [0.717, 1.165) is 30.9 Å². The molecule has 5 rings (SSSR count). The Hall–Kier alpha value is -2.11. The summed E-state index contributed by atoms with van der Waals surface area (Å²) >= 11 is 0. The summed E-state index contributed by atoms with van der Waals surface area (Å²) in [6, 6.07) is 8.48. The lowest BCUT2D eigenvalue weighted by Gasteiger charge is -2.55. The molecule has 1 spiro atoms. The number of aliphatic hydroxyl groups excluding tert-OH is 1. The Bertz CT molecular complexity index is 859. The van der Waals surface area contributed by atoms with Gasteiger partial charge in [-0.15, -0.1) is 0 Å². The number of rotatable bonds is 2. The van der Waals surface area contributed by atoms with Crippen molar-refractivity contribution in [2.24, 2.45) is 5.41 Å². The van der Waals surface area contributed by atoms with Gasteiger partial charge in [-0.1, -0.05) is 30.4 Å². The molecule has 1 aliphatic carbocycles. The first-order valence-electron chi connectivity index (χ1n) is 9.33. The van der Waals surface area contributed by atoms with E-state index < -0.39 is 11.5 Å². The van der Waals surface area contributed by atoms with Crippen LogP contribution < -0.4 is 5.32 Å². The van der Waals surface area contributed by atoms with Crippen molar-refractivity contribution >= 4 is 11.7 Å². The number of nitrogens with zero attached hydrogens (tertiary/aromatic N) is 1. The molecule has 0 amide bonds. The standard InChI is InChI=1S/C21H24N2O3/c1-13(24)20-8-5-10-23-11-9-21(19(20)23)15-6-3-4-7-16(15)22-17(21)14(12-20)18(25)26-2/h3-8,13,19,22,24H,9-12H2,1-2H3/t13?,19-,20-,21-/m0/s1. The molecule has 0 aromatic heterocycles. The minimum absolute atomic E-state index is 0.138. The fraction of sp³-hybridized carbons (Fsp3) is 0.476. The minimum atomic E-state index is -0.560. The monoisotopic (exact) mass is 352 g/mol. The van der Waals surface area contributed by atoms with Crippen LogP contribution in [0.2, 0.25) is 0 Å². The number of para-hydroxylation sites is 1. The van der Waals surface area contributed by atoms with Gasteiger partial charge >= 0.3 is 5.97 Å². The van der Waals surface area contributed by atoms with Gasteiger partial charge in [-0.25, -0.2) is 4.79 Å². The van der Waals surface area contributed by atoms with E-state index in [1.165, 1.54) is 12.7 Å². The molecule has 1 saturated heterocycles. The highest BCUT2D eigenvalue weighted by atomic mass is 16.5. The summed E-state index contributed by atoms with van der Waals surface area (Å²) < 4.78 is 5.15. The van der Waals surface area contributed by atoms with Crippen LogP contribution in [0.4, 0.5) is 5.69 Å². The Labute approximate surface area is 153 Å². The van der Waals surface area contributed by atoms with Crippen molar-refractivity contribution in [1.82, 2.24) is 4.90 Å². The lowest BCUT2D eigenvalue weighted by Crippen LogP contribution is -2.62. The lowest BCUT2D eigenvalue weighted by atomic mass is 9.54. The third kappa shape index (κ3) is 1.70. The molecule has 1 aromatic rings. The first kappa shape index (κ1) is 16.1. The van der Waals surface area contributed by atoms with E-state index >= 15 is 0 Å². The number of hydrogen-bond acceptors (Lipinski definition) is 5. The van der Waals surface area contributed by atoms with Gasteiger partial charge < -0.3 is 15.2 Å². The summed E-state index contributed by atoms with van der Waals surface area (Å²) in [6.07, 6.45) is 5.18. The number of methoxy groups -OCH3 is 1. The molecular formula is C21H24N2O3. The van der Waals surface area contributed by atoms with Crippen LogP contribution in [0.25, 0.3) is 0 Å². The normalized spacial score (nSPS) is 35.4. The molecule has 26 heavy (non-hydrogen) atoms. The number of benzene rings is 1. The van der Waals surface area contributed by atoms with Crippen molar-refractivity contribution in [3.05, 3.63) is 53.3 Å². The highest BCUT2D eigenvalue weighted by Gasteiger charge is 2.67.